The predicted molar refractivity (Wildman–Crippen MR) is 123 cm³/mol. The van der Waals surface area contributed by atoms with Crippen LogP contribution in [-0.2, 0) is 16.6 Å². The maximum absolute atomic E-state index is 13.0. The third-order valence-electron chi connectivity index (χ3n) is 5.47. The van der Waals surface area contributed by atoms with Gasteiger partial charge < -0.3 is 4.90 Å². The van der Waals surface area contributed by atoms with Gasteiger partial charge in [-0.05, 0) is 60.8 Å². The van der Waals surface area contributed by atoms with Gasteiger partial charge in [-0.1, -0.05) is 38.1 Å². The topological polar surface area (TPSA) is 66.5 Å². The van der Waals surface area contributed by atoms with Crippen LogP contribution in [0.5, 0.6) is 0 Å². The monoisotopic (exact) mass is 446 g/mol. The number of hydrogen-bond donors (Lipinski definition) is 1. The van der Waals surface area contributed by atoms with Gasteiger partial charge in [0, 0.05) is 24.5 Å². The van der Waals surface area contributed by atoms with Gasteiger partial charge in [0.15, 0.2) is 0 Å². The molecule has 5 nitrogen and oxygen atoms in total. The standard InChI is InChI=1S/C23H30N2O3S2/c1-17(2)19-9-7-18(8-10-19)16-24-30(27,28)20-11-12-22(29-3)21(15-20)23(26)25-13-5-4-6-14-25/h7-12,15,17,24H,4-6,13-14,16H2,1-3H3. The molecule has 1 saturated heterocycles. The lowest BCUT2D eigenvalue weighted by Gasteiger charge is -2.27. The average molecular weight is 447 g/mol. The molecule has 162 valence electrons. The van der Waals surface area contributed by atoms with Crippen LogP contribution >= 0.6 is 11.8 Å². The fourth-order valence-corrected chi connectivity index (χ4v) is 5.18. The maximum atomic E-state index is 13.0. The largest absolute Gasteiger partial charge is 0.339 e. The number of nitrogens with zero attached hydrogens (tertiary/aromatic N) is 1. The number of thioether (sulfide) groups is 1. The molecule has 3 rings (SSSR count). The van der Waals surface area contributed by atoms with Crippen LogP contribution in [-0.4, -0.2) is 38.6 Å². The molecule has 0 spiro atoms. The Labute approximate surface area is 184 Å². The molecule has 0 aliphatic carbocycles. The molecule has 1 N–H and O–H groups in total. The second-order valence-electron chi connectivity index (χ2n) is 7.94. The molecule has 0 unspecified atom stereocenters. The summed E-state index contributed by atoms with van der Waals surface area (Å²) in [6, 6.07) is 12.8. The molecule has 2 aromatic rings. The summed E-state index contributed by atoms with van der Waals surface area (Å²) < 4.78 is 28.4. The van der Waals surface area contributed by atoms with E-state index in [0.717, 1.165) is 42.8 Å². The van der Waals surface area contributed by atoms with Gasteiger partial charge >= 0.3 is 0 Å². The van der Waals surface area contributed by atoms with Crippen LogP contribution in [0.3, 0.4) is 0 Å². The minimum atomic E-state index is -3.73. The Balaban J connectivity index is 1.78. The molecule has 1 heterocycles. The van der Waals surface area contributed by atoms with E-state index in [2.05, 4.69) is 18.6 Å². The number of piperidine rings is 1. The summed E-state index contributed by atoms with van der Waals surface area (Å²) in [6.45, 7) is 5.92. The summed E-state index contributed by atoms with van der Waals surface area (Å²) in [6.07, 6.45) is 5.02. The van der Waals surface area contributed by atoms with Crippen LogP contribution in [0.4, 0.5) is 0 Å². The number of hydrogen-bond acceptors (Lipinski definition) is 4. The van der Waals surface area contributed by atoms with Crippen molar-refractivity contribution in [2.75, 3.05) is 19.3 Å². The lowest BCUT2D eigenvalue weighted by molar-refractivity contribution is 0.0720. The first-order valence-electron chi connectivity index (χ1n) is 10.4. The summed E-state index contributed by atoms with van der Waals surface area (Å²) in [5.41, 5.74) is 2.58. The zero-order valence-electron chi connectivity index (χ0n) is 17.8. The molecular formula is C23H30N2O3S2. The number of sulfonamides is 1. The van der Waals surface area contributed by atoms with Crippen LogP contribution in [0.15, 0.2) is 52.3 Å². The molecule has 0 bridgehead atoms. The number of nitrogens with one attached hydrogen (secondary N) is 1. The summed E-state index contributed by atoms with van der Waals surface area (Å²) in [5.74, 6) is 0.349. The van der Waals surface area contributed by atoms with Crippen molar-refractivity contribution < 1.29 is 13.2 Å². The van der Waals surface area contributed by atoms with E-state index in [1.54, 1.807) is 12.1 Å². The smallest absolute Gasteiger partial charge is 0.255 e. The van der Waals surface area contributed by atoms with E-state index in [1.807, 2.05) is 35.4 Å². The van der Waals surface area contributed by atoms with Gasteiger partial charge in [-0.3, -0.25) is 4.79 Å². The highest BCUT2D eigenvalue weighted by molar-refractivity contribution is 7.98. The zero-order chi connectivity index (χ0) is 21.7. The zero-order valence-corrected chi connectivity index (χ0v) is 19.5. The summed E-state index contributed by atoms with van der Waals surface area (Å²) in [5, 5.41) is 0. The van der Waals surface area contributed by atoms with Crippen LogP contribution in [0.2, 0.25) is 0 Å². The highest BCUT2D eigenvalue weighted by atomic mass is 32.2. The molecule has 1 amide bonds. The van der Waals surface area contributed by atoms with Crippen LogP contribution in [0.1, 0.15) is 60.5 Å². The molecular weight excluding hydrogens is 416 g/mol. The quantitative estimate of drug-likeness (QED) is 0.630. The van der Waals surface area contributed by atoms with Gasteiger partial charge in [0.2, 0.25) is 10.0 Å². The van der Waals surface area contributed by atoms with E-state index in [1.165, 1.54) is 23.4 Å². The van der Waals surface area contributed by atoms with E-state index in [4.69, 9.17) is 0 Å². The Morgan fingerprint density at radius 3 is 2.33 bits per heavy atom. The Hall–Kier alpha value is -1.83. The van der Waals surface area contributed by atoms with Crippen molar-refractivity contribution in [2.45, 2.75) is 55.4 Å². The van der Waals surface area contributed by atoms with Crippen molar-refractivity contribution >= 4 is 27.7 Å². The number of rotatable bonds is 7. The number of likely N-dealkylation sites (tertiary alicyclic amines) is 1. The Kier molecular flexibility index (Phi) is 7.60. The molecule has 1 aliphatic rings. The normalized spacial score (nSPS) is 14.9. The van der Waals surface area contributed by atoms with Gasteiger partial charge in [-0.15, -0.1) is 11.8 Å². The van der Waals surface area contributed by atoms with Gasteiger partial charge in [0.05, 0.1) is 10.5 Å². The fraction of sp³-hybridized carbons (Fsp3) is 0.435. The van der Waals surface area contributed by atoms with E-state index in [0.29, 0.717) is 11.5 Å². The lowest BCUT2D eigenvalue weighted by Crippen LogP contribution is -2.36. The molecule has 2 aromatic carbocycles. The van der Waals surface area contributed by atoms with Gasteiger partial charge in [0.1, 0.15) is 0 Å². The second kappa shape index (κ2) is 9.98. The van der Waals surface area contributed by atoms with Crippen molar-refractivity contribution in [2.24, 2.45) is 0 Å². The maximum Gasteiger partial charge on any atom is 0.255 e. The second-order valence-corrected chi connectivity index (χ2v) is 10.6. The molecule has 0 atom stereocenters. The molecule has 1 aliphatic heterocycles. The predicted octanol–water partition coefficient (Wildman–Crippen LogP) is 4.64. The fourth-order valence-electron chi connectivity index (χ4n) is 3.57. The van der Waals surface area contributed by atoms with Gasteiger partial charge in [-0.2, -0.15) is 0 Å². The van der Waals surface area contributed by atoms with Crippen LogP contribution in [0, 0.1) is 0 Å². The van der Waals surface area contributed by atoms with Crippen molar-refractivity contribution in [1.82, 2.24) is 9.62 Å². The SMILES string of the molecule is CSc1ccc(S(=O)(=O)NCc2ccc(C(C)C)cc2)cc1C(=O)N1CCCCC1. The lowest BCUT2D eigenvalue weighted by atomic mass is 10.0. The van der Waals surface area contributed by atoms with Crippen LogP contribution < -0.4 is 4.72 Å². The first-order chi connectivity index (χ1) is 14.3. The van der Waals surface area contributed by atoms with Gasteiger partial charge in [-0.25, -0.2) is 13.1 Å². The summed E-state index contributed by atoms with van der Waals surface area (Å²) >= 11 is 1.46. The summed E-state index contributed by atoms with van der Waals surface area (Å²) in [4.78, 5) is 15.8. The van der Waals surface area contributed by atoms with Gasteiger partial charge in [0.25, 0.3) is 5.91 Å². The van der Waals surface area contributed by atoms with E-state index in [-0.39, 0.29) is 17.3 Å². The first-order valence-corrected chi connectivity index (χ1v) is 13.1. The molecule has 1 fully saturated rings. The third-order valence-corrected chi connectivity index (χ3v) is 7.66. The Bertz CT molecular complexity index is 980. The van der Waals surface area contributed by atoms with E-state index in [9.17, 15) is 13.2 Å². The van der Waals surface area contributed by atoms with Crippen molar-refractivity contribution in [3.63, 3.8) is 0 Å². The summed E-state index contributed by atoms with van der Waals surface area (Å²) in [7, 11) is -3.73. The number of carbonyl (C=O) groups is 1. The highest BCUT2D eigenvalue weighted by Crippen LogP contribution is 2.26. The number of benzene rings is 2. The van der Waals surface area contributed by atoms with E-state index >= 15 is 0 Å². The molecule has 30 heavy (non-hydrogen) atoms. The van der Waals surface area contributed by atoms with Crippen LogP contribution in [0.25, 0.3) is 0 Å². The average Bonchev–Trinajstić information content (AvgIpc) is 2.77. The number of amides is 1. The van der Waals surface area contributed by atoms with Crippen molar-refractivity contribution in [3.8, 4) is 0 Å². The molecule has 0 saturated carbocycles. The molecule has 0 radical (unpaired) electrons. The minimum absolute atomic E-state index is 0.0830. The van der Waals surface area contributed by atoms with E-state index < -0.39 is 10.0 Å². The number of carbonyl (C=O) groups excluding carboxylic acids is 1. The third kappa shape index (κ3) is 5.45. The molecule has 7 heteroatoms. The minimum Gasteiger partial charge on any atom is -0.339 e. The Morgan fingerprint density at radius 1 is 1.07 bits per heavy atom. The van der Waals surface area contributed by atoms with Crippen molar-refractivity contribution in [3.05, 3.63) is 59.2 Å². The molecule has 0 aromatic heterocycles. The highest BCUT2D eigenvalue weighted by Gasteiger charge is 2.23. The first kappa shape index (κ1) is 22.8. The Morgan fingerprint density at radius 2 is 1.73 bits per heavy atom. The van der Waals surface area contributed by atoms with Crippen molar-refractivity contribution in [1.29, 1.82) is 0 Å².